The first-order valence-electron chi connectivity index (χ1n) is 2.07. The number of hydrogen-bond donors (Lipinski definition) is 1. The molecule has 0 bridgehead atoms. The maximum absolute atomic E-state index is 10.0. The average molecular weight is 116 g/mol. The van der Waals surface area contributed by atoms with E-state index in [0.717, 1.165) is 5.48 Å². The number of carbonyl (C=O) groups is 2. The third-order valence-electron chi connectivity index (χ3n) is 0.523. The Hall–Kier alpha value is -0.900. The second kappa shape index (κ2) is 3.15. The van der Waals surface area contributed by atoms with Gasteiger partial charge in [-0.1, -0.05) is 0 Å². The molecule has 0 saturated carbocycles. The van der Waals surface area contributed by atoms with E-state index in [0.29, 0.717) is 0 Å². The molecule has 0 saturated heterocycles. The van der Waals surface area contributed by atoms with Crippen LogP contribution in [-0.4, -0.2) is 11.7 Å². The summed E-state index contributed by atoms with van der Waals surface area (Å²) in [5, 5.41) is 9.41. The van der Waals surface area contributed by atoms with Gasteiger partial charge in [0, 0.05) is 0 Å². The fourth-order valence-electron chi connectivity index (χ4n) is 0.262. The summed E-state index contributed by atoms with van der Waals surface area (Å²) in [5.41, 5.74) is 1.09. The van der Waals surface area contributed by atoms with Crippen LogP contribution in [0.15, 0.2) is 0 Å². The maximum Gasteiger partial charge on any atom is 0.216 e. The van der Waals surface area contributed by atoms with Crippen molar-refractivity contribution in [3.05, 3.63) is 5.21 Å². The number of nitrogens with one attached hydrogen (secondary N) is 1. The molecule has 0 rings (SSSR count). The Kier molecular flexibility index (Phi) is 2.79. The Labute approximate surface area is 46.5 Å². The molecule has 0 atom stereocenters. The van der Waals surface area contributed by atoms with Crippen LogP contribution in [0.4, 0.5) is 0 Å². The summed E-state index contributed by atoms with van der Waals surface area (Å²) in [4.78, 5) is 20.0. The standard InChI is InChI=1S/C4H6NO3/c1-3(6)2-4(7)5-8/h2H2,1H3,(H-,5,7,8)/q-1. The largest absolute Gasteiger partial charge is 0.759 e. The molecular weight excluding hydrogens is 110 g/mol. The van der Waals surface area contributed by atoms with E-state index >= 15 is 0 Å². The molecule has 4 heteroatoms. The molecule has 0 unspecified atom stereocenters. The van der Waals surface area contributed by atoms with Crippen LogP contribution in [-0.2, 0) is 9.59 Å². The minimum atomic E-state index is -0.780. The normalized spacial score (nSPS) is 8.25. The molecule has 8 heavy (non-hydrogen) atoms. The Morgan fingerprint density at radius 2 is 2.12 bits per heavy atom. The minimum absolute atomic E-state index is 0.307. The summed E-state index contributed by atoms with van der Waals surface area (Å²) in [5.74, 6) is -1.09. The van der Waals surface area contributed by atoms with E-state index in [1.165, 1.54) is 6.92 Å². The van der Waals surface area contributed by atoms with E-state index in [2.05, 4.69) is 0 Å². The van der Waals surface area contributed by atoms with Crippen molar-refractivity contribution in [2.45, 2.75) is 13.3 Å². The number of rotatable bonds is 2. The second-order valence-electron chi connectivity index (χ2n) is 1.40. The Bertz CT molecular complexity index is 110. The lowest BCUT2D eigenvalue weighted by Gasteiger charge is -2.03. The summed E-state index contributed by atoms with van der Waals surface area (Å²) in [6.07, 6.45) is -0.316. The molecule has 1 amide bonds. The molecule has 0 aliphatic carbocycles. The van der Waals surface area contributed by atoms with Crippen molar-refractivity contribution >= 4 is 11.7 Å². The summed E-state index contributed by atoms with van der Waals surface area (Å²) in [6.45, 7) is 1.25. The molecule has 0 heterocycles. The Morgan fingerprint density at radius 1 is 1.62 bits per heavy atom. The topological polar surface area (TPSA) is 69.2 Å². The molecule has 0 aliphatic heterocycles. The van der Waals surface area contributed by atoms with Crippen LogP contribution in [0.2, 0.25) is 0 Å². The van der Waals surface area contributed by atoms with Crippen LogP contribution in [0.25, 0.3) is 0 Å². The van der Waals surface area contributed by atoms with E-state index < -0.39 is 5.91 Å². The van der Waals surface area contributed by atoms with Gasteiger partial charge in [0.1, 0.15) is 5.78 Å². The van der Waals surface area contributed by atoms with E-state index in [1.807, 2.05) is 0 Å². The number of ketones is 1. The molecule has 0 fully saturated rings. The van der Waals surface area contributed by atoms with Gasteiger partial charge >= 0.3 is 0 Å². The van der Waals surface area contributed by atoms with Gasteiger partial charge in [-0.3, -0.25) is 9.59 Å². The van der Waals surface area contributed by atoms with Gasteiger partial charge in [0.2, 0.25) is 5.91 Å². The van der Waals surface area contributed by atoms with Crippen molar-refractivity contribution < 1.29 is 9.59 Å². The van der Waals surface area contributed by atoms with Crippen LogP contribution in [0.5, 0.6) is 0 Å². The number of carbonyl (C=O) groups excluding carboxylic acids is 2. The monoisotopic (exact) mass is 116 g/mol. The molecule has 0 aliphatic rings. The number of hydroxylamine groups is 1. The molecule has 0 spiro atoms. The van der Waals surface area contributed by atoms with Gasteiger partial charge in [0.05, 0.1) is 6.42 Å². The third kappa shape index (κ3) is 3.30. The van der Waals surface area contributed by atoms with Crippen molar-refractivity contribution in [1.82, 2.24) is 5.48 Å². The van der Waals surface area contributed by atoms with E-state index in [1.54, 1.807) is 0 Å². The lowest BCUT2D eigenvalue weighted by Crippen LogP contribution is -2.18. The van der Waals surface area contributed by atoms with Gasteiger partial charge in [0.15, 0.2) is 0 Å². The van der Waals surface area contributed by atoms with Gasteiger partial charge in [-0.2, -0.15) is 0 Å². The first-order valence-corrected chi connectivity index (χ1v) is 2.07. The van der Waals surface area contributed by atoms with Crippen LogP contribution >= 0.6 is 0 Å². The predicted octanol–water partition coefficient (Wildman–Crippen LogP) is -0.420. The fraction of sp³-hybridized carbons (Fsp3) is 0.500. The molecule has 1 N–H and O–H groups in total. The van der Waals surface area contributed by atoms with E-state index in [9.17, 15) is 14.8 Å². The minimum Gasteiger partial charge on any atom is -0.759 e. The SMILES string of the molecule is CC(=O)CC(=O)N[O-]. The number of hydrogen-bond acceptors (Lipinski definition) is 3. The van der Waals surface area contributed by atoms with Crippen LogP contribution in [0.3, 0.4) is 0 Å². The summed E-state index contributed by atoms with van der Waals surface area (Å²) in [6, 6.07) is 0. The number of Topliss-reactive ketones (excluding diaryl/α,β-unsaturated/α-hetero) is 1. The van der Waals surface area contributed by atoms with E-state index in [4.69, 9.17) is 0 Å². The van der Waals surface area contributed by atoms with Gasteiger partial charge in [0.25, 0.3) is 0 Å². The fourth-order valence-corrected chi connectivity index (χ4v) is 0.262. The molecule has 4 nitrogen and oxygen atoms in total. The first-order chi connectivity index (χ1) is 3.66. The average Bonchev–Trinajstić information content (AvgIpc) is 1.65. The zero-order valence-corrected chi connectivity index (χ0v) is 4.43. The molecule has 0 aromatic heterocycles. The Morgan fingerprint density at radius 3 is 2.25 bits per heavy atom. The van der Waals surface area contributed by atoms with Crippen molar-refractivity contribution in [2.24, 2.45) is 0 Å². The predicted molar refractivity (Wildman–Crippen MR) is 26.8 cm³/mol. The number of amides is 1. The zero-order chi connectivity index (χ0) is 6.57. The lowest BCUT2D eigenvalue weighted by atomic mass is 10.3. The van der Waals surface area contributed by atoms with Crippen LogP contribution in [0.1, 0.15) is 13.3 Å². The maximum atomic E-state index is 10.0. The quantitative estimate of drug-likeness (QED) is 0.393. The first kappa shape index (κ1) is 7.10. The molecule has 0 radical (unpaired) electrons. The van der Waals surface area contributed by atoms with Crippen LogP contribution < -0.4 is 5.48 Å². The summed E-state index contributed by atoms with van der Waals surface area (Å²) >= 11 is 0. The van der Waals surface area contributed by atoms with Gasteiger partial charge in [-0.05, 0) is 6.92 Å². The van der Waals surface area contributed by atoms with E-state index in [-0.39, 0.29) is 12.2 Å². The van der Waals surface area contributed by atoms with Crippen molar-refractivity contribution in [3.8, 4) is 0 Å². The second-order valence-corrected chi connectivity index (χ2v) is 1.40. The van der Waals surface area contributed by atoms with Gasteiger partial charge in [-0.25, -0.2) is 0 Å². The lowest BCUT2D eigenvalue weighted by molar-refractivity contribution is -0.126. The van der Waals surface area contributed by atoms with Gasteiger partial charge < -0.3 is 10.7 Å². The molecule has 46 valence electrons. The zero-order valence-electron chi connectivity index (χ0n) is 4.43. The molecular formula is C4H6NO3-. The Balaban J connectivity index is 3.40. The van der Waals surface area contributed by atoms with Crippen molar-refractivity contribution in [2.75, 3.05) is 0 Å². The highest BCUT2D eigenvalue weighted by Crippen LogP contribution is 1.78. The highest BCUT2D eigenvalue weighted by atomic mass is 16.5. The van der Waals surface area contributed by atoms with Crippen molar-refractivity contribution in [3.63, 3.8) is 0 Å². The van der Waals surface area contributed by atoms with Crippen molar-refractivity contribution in [1.29, 1.82) is 0 Å². The molecule has 0 aromatic carbocycles. The van der Waals surface area contributed by atoms with Gasteiger partial charge in [-0.15, -0.1) is 0 Å². The third-order valence-corrected chi connectivity index (χ3v) is 0.523. The molecule has 0 aromatic rings. The highest BCUT2D eigenvalue weighted by molar-refractivity contribution is 5.96. The van der Waals surface area contributed by atoms with Crippen LogP contribution in [0, 0.1) is 5.21 Å². The highest BCUT2D eigenvalue weighted by Gasteiger charge is 1.97. The smallest absolute Gasteiger partial charge is 0.216 e. The summed E-state index contributed by atoms with van der Waals surface area (Å²) < 4.78 is 0. The summed E-state index contributed by atoms with van der Waals surface area (Å²) in [7, 11) is 0.